The summed E-state index contributed by atoms with van der Waals surface area (Å²) in [5, 5.41) is 3.66. The van der Waals surface area contributed by atoms with Gasteiger partial charge in [-0.3, -0.25) is 0 Å². The topological polar surface area (TPSA) is 40.7 Å². The molecular weight excluding hydrogens is 222 g/mol. The lowest BCUT2D eigenvalue weighted by Gasteiger charge is -2.11. The number of aromatic amines is 1. The number of H-pyrrole nitrogens is 1. The molecule has 3 heteroatoms. The summed E-state index contributed by atoms with van der Waals surface area (Å²) < 4.78 is 0. The van der Waals surface area contributed by atoms with Crippen molar-refractivity contribution in [1.29, 1.82) is 0 Å². The monoisotopic (exact) mass is 243 g/mol. The van der Waals surface area contributed by atoms with Crippen LogP contribution in [0.15, 0.2) is 18.2 Å². The zero-order valence-electron chi connectivity index (χ0n) is 11.0. The molecule has 2 N–H and O–H groups in total. The van der Waals surface area contributed by atoms with Crippen molar-refractivity contribution in [3.05, 3.63) is 29.6 Å². The SMILES string of the molecule is Cc1nc2ccc(CCNC3CCCC3)cc2[nH]1. The Morgan fingerprint density at radius 3 is 3.00 bits per heavy atom. The molecule has 1 aliphatic rings. The maximum Gasteiger partial charge on any atom is 0.104 e. The third-order valence-electron chi connectivity index (χ3n) is 3.87. The van der Waals surface area contributed by atoms with E-state index in [2.05, 4.69) is 33.5 Å². The van der Waals surface area contributed by atoms with Crippen molar-refractivity contribution in [2.45, 2.75) is 45.1 Å². The van der Waals surface area contributed by atoms with Gasteiger partial charge in [0.05, 0.1) is 11.0 Å². The Bertz CT molecular complexity index is 524. The minimum atomic E-state index is 0.767. The average molecular weight is 243 g/mol. The van der Waals surface area contributed by atoms with Crippen LogP contribution in [-0.4, -0.2) is 22.6 Å². The van der Waals surface area contributed by atoms with E-state index in [1.807, 2.05) is 6.92 Å². The van der Waals surface area contributed by atoms with E-state index >= 15 is 0 Å². The Kier molecular flexibility index (Phi) is 3.33. The molecule has 18 heavy (non-hydrogen) atoms. The Morgan fingerprint density at radius 1 is 1.33 bits per heavy atom. The molecule has 0 unspecified atom stereocenters. The zero-order valence-corrected chi connectivity index (χ0v) is 11.0. The summed E-state index contributed by atoms with van der Waals surface area (Å²) in [4.78, 5) is 7.73. The van der Waals surface area contributed by atoms with E-state index in [4.69, 9.17) is 0 Å². The molecule has 0 bridgehead atoms. The molecule has 96 valence electrons. The van der Waals surface area contributed by atoms with Gasteiger partial charge in [0, 0.05) is 6.04 Å². The lowest BCUT2D eigenvalue weighted by atomic mass is 10.1. The average Bonchev–Trinajstić information content (AvgIpc) is 2.96. The third kappa shape index (κ3) is 2.56. The fourth-order valence-corrected chi connectivity index (χ4v) is 2.89. The number of hydrogen-bond donors (Lipinski definition) is 2. The molecule has 2 aromatic rings. The summed E-state index contributed by atoms with van der Waals surface area (Å²) in [6.07, 6.45) is 6.62. The van der Waals surface area contributed by atoms with Crippen molar-refractivity contribution in [2.24, 2.45) is 0 Å². The predicted molar refractivity (Wildman–Crippen MR) is 74.8 cm³/mol. The largest absolute Gasteiger partial charge is 0.342 e. The number of hydrogen-bond acceptors (Lipinski definition) is 2. The van der Waals surface area contributed by atoms with E-state index in [0.29, 0.717) is 0 Å². The van der Waals surface area contributed by atoms with Gasteiger partial charge in [0.1, 0.15) is 5.82 Å². The second-order valence-corrected chi connectivity index (χ2v) is 5.36. The molecule has 3 rings (SSSR count). The summed E-state index contributed by atoms with van der Waals surface area (Å²) in [6.45, 7) is 3.09. The first kappa shape index (κ1) is 11.7. The first-order chi connectivity index (χ1) is 8.81. The zero-order chi connectivity index (χ0) is 12.4. The van der Waals surface area contributed by atoms with Crippen molar-refractivity contribution in [3.8, 4) is 0 Å². The standard InChI is InChI=1S/C15H21N3/c1-11-17-14-7-6-12(10-15(14)18-11)8-9-16-13-4-2-3-5-13/h6-7,10,13,16H,2-5,8-9H2,1H3,(H,17,18). The second-order valence-electron chi connectivity index (χ2n) is 5.36. The number of nitrogens with one attached hydrogen (secondary N) is 2. The van der Waals surface area contributed by atoms with Crippen LogP contribution in [0.25, 0.3) is 11.0 Å². The van der Waals surface area contributed by atoms with Gasteiger partial charge in [0.15, 0.2) is 0 Å². The molecule has 0 saturated heterocycles. The van der Waals surface area contributed by atoms with Crippen LogP contribution in [0.1, 0.15) is 37.1 Å². The fraction of sp³-hybridized carbons (Fsp3) is 0.533. The van der Waals surface area contributed by atoms with E-state index < -0.39 is 0 Å². The van der Waals surface area contributed by atoms with E-state index in [0.717, 1.165) is 35.9 Å². The Labute approximate surface area is 108 Å². The molecule has 3 nitrogen and oxygen atoms in total. The van der Waals surface area contributed by atoms with Gasteiger partial charge in [-0.1, -0.05) is 18.9 Å². The maximum absolute atomic E-state index is 4.43. The molecule has 1 aromatic carbocycles. The highest BCUT2D eigenvalue weighted by molar-refractivity contribution is 5.75. The van der Waals surface area contributed by atoms with Crippen molar-refractivity contribution in [3.63, 3.8) is 0 Å². The van der Waals surface area contributed by atoms with Crippen molar-refractivity contribution >= 4 is 11.0 Å². The van der Waals surface area contributed by atoms with Crippen LogP contribution in [-0.2, 0) is 6.42 Å². The molecule has 1 heterocycles. The maximum atomic E-state index is 4.43. The molecule has 0 atom stereocenters. The van der Waals surface area contributed by atoms with Crippen molar-refractivity contribution < 1.29 is 0 Å². The Balaban J connectivity index is 1.59. The van der Waals surface area contributed by atoms with Crippen LogP contribution in [0.5, 0.6) is 0 Å². The van der Waals surface area contributed by atoms with Crippen LogP contribution in [0.3, 0.4) is 0 Å². The number of aromatic nitrogens is 2. The van der Waals surface area contributed by atoms with Crippen LogP contribution < -0.4 is 5.32 Å². The Hall–Kier alpha value is -1.35. The number of imidazole rings is 1. The van der Waals surface area contributed by atoms with Crippen molar-refractivity contribution in [2.75, 3.05) is 6.54 Å². The van der Waals surface area contributed by atoms with Gasteiger partial charge in [0.25, 0.3) is 0 Å². The van der Waals surface area contributed by atoms with Crippen LogP contribution in [0.2, 0.25) is 0 Å². The first-order valence-electron chi connectivity index (χ1n) is 7.00. The summed E-state index contributed by atoms with van der Waals surface area (Å²) in [5.41, 5.74) is 3.61. The summed E-state index contributed by atoms with van der Waals surface area (Å²) in [5.74, 6) is 0.992. The van der Waals surface area contributed by atoms with Gasteiger partial charge in [-0.05, 0) is 50.4 Å². The highest BCUT2D eigenvalue weighted by atomic mass is 14.9. The van der Waals surface area contributed by atoms with E-state index in [1.165, 1.54) is 31.2 Å². The second kappa shape index (κ2) is 5.11. The number of benzene rings is 1. The van der Waals surface area contributed by atoms with Gasteiger partial charge in [0.2, 0.25) is 0 Å². The molecule has 1 fully saturated rings. The van der Waals surface area contributed by atoms with E-state index in [9.17, 15) is 0 Å². The van der Waals surface area contributed by atoms with Crippen molar-refractivity contribution in [1.82, 2.24) is 15.3 Å². The lowest BCUT2D eigenvalue weighted by molar-refractivity contribution is 0.528. The molecular formula is C15H21N3. The number of rotatable bonds is 4. The quantitative estimate of drug-likeness (QED) is 0.866. The van der Waals surface area contributed by atoms with Gasteiger partial charge >= 0.3 is 0 Å². The molecule has 1 aromatic heterocycles. The number of aryl methyl sites for hydroxylation is 1. The summed E-state index contributed by atoms with van der Waals surface area (Å²) in [7, 11) is 0. The van der Waals surface area contributed by atoms with Crippen LogP contribution in [0.4, 0.5) is 0 Å². The minimum Gasteiger partial charge on any atom is -0.342 e. The highest BCUT2D eigenvalue weighted by Gasteiger charge is 2.13. The molecule has 1 aliphatic carbocycles. The predicted octanol–water partition coefficient (Wildman–Crippen LogP) is 2.95. The molecule has 0 spiro atoms. The summed E-state index contributed by atoms with van der Waals surface area (Å²) >= 11 is 0. The Morgan fingerprint density at radius 2 is 2.17 bits per heavy atom. The summed E-state index contributed by atoms with van der Waals surface area (Å²) in [6, 6.07) is 7.30. The van der Waals surface area contributed by atoms with Gasteiger partial charge in [-0.2, -0.15) is 0 Å². The van der Waals surface area contributed by atoms with Gasteiger partial charge < -0.3 is 10.3 Å². The first-order valence-corrected chi connectivity index (χ1v) is 7.00. The lowest BCUT2D eigenvalue weighted by Crippen LogP contribution is -2.27. The van der Waals surface area contributed by atoms with Gasteiger partial charge in [-0.15, -0.1) is 0 Å². The molecule has 0 aliphatic heterocycles. The number of nitrogens with zero attached hydrogens (tertiary/aromatic N) is 1. The van der Waals surface area contributed by atoms with Crippen LogP contribution in [0, 0.1) is 6.92 Å². The molecule has 1 saturated carbocycles. The normalized spacial score (nSPS) is 16.7. The fourth-order valence-electron chi connectivity index (χ4n) is 2.89. The highest BCUT2D eigenvalue weighted by Crippen LogP contribution is 2.18. The van der Waals surface area contributed by atoms with Gasteiger partial charge in [-0.25, -0.2) is 4.98 Å². The van der Waals surface area contributed by atoms with E-state index in [-0.39, 0.29) is 0 Å². The smallest absolute Gasteiger partial charge is 0.104 e. The molecule has 0 radical (unpaired) electrons. The minimum absolute atomic E-state index is 0.767. The molecule has 0 amide bonds. The van der Waals surface area contributed by atoms with Crippen LogP contribution >= 0.6 is 0 Å². The third-order valence-corrected chi connectivity index (χ3v) is 3.87. The van der Waals surface area contributed by atoms with E-state index in [1.54, 1.807) is 0 Å². The number of fused-ring (bicyclic) bond motifs is 1.